The van der Waals surface area contributed by atoms with Gasteiger partial charge in [0.25, 0.3) is 5.56 Å². The second-order valence-electron chi connectivity index (χ2n) is 6.72. The lowest BCUT2D eigenvalue weighted by Gasteiger charge is -2.35. The molecule has 2 rings (SSSR count). The molecule has 1 aromatic heterocycles. The van der Waals surface area contributed by atoms with Crippen LogP contribution in [0.4, 0.5) is 13.2 Å². The third kappa shape index (κ3) is 5.32. The Hall–Kier alpha value is -1.83. The summed E-state index contributed by atoms with van der Waals surface area (Å²) in [6.45, 7) is 6.16. The average molecular weight is 359 g/mol. The topological polar surface area (TPSA) is 54.3 Å². The van der Waals surface area contributed by atoms with E-state index in [1.807, 2.05) is 6.92 Å². The quantitative estimate of drug-likeness (QED) is 0.876. The maximum Gasteiger partial charge on any atom is 0.421 e. The van der Waals surface area contributed by atoms with Gasteiger partial charge in [0.15, 0.2) is 0 Å². The lowest BCUT2D eigenvalue weighted by molar-refractivity contribution is -0.139. The van der Waals surface area contributed by atoms with Gasteiger partial charge in [0, 0.05) is 18.8 Å². The zero-order valence-corrected chi connectivity index (χ0v) is 14.5. The van der Waals surface area contributed by atoms with Crippen LogP contribution < -0.4 is 10.9 Å². The summed E-state index contributed by atoms with van der Waals surface area (Å²) >= 11 is 0. The third-order valence-electron chi connectivity index (χ3n) is 4.68. The van der Waals surface area contributed by atoms with Gasteiger partial charge < -0.3 is 9.88 Å². The van der Waals surface area contributed by atoms with Gasteiger partial charge in [0.1, 0.15) is 12.1 Å². The van der Waals surface area contributed by atoms with Gasteiger partial charge >= 0.3 is 6.18 Å². The van der Waals surface area contributed by atoms with E-state index >= 15 is 0 Å². The summed E-state index contributed by atoms with van der Waals surface area (Å²) < 4.78 is 39.0. The number of nitrogens with one attached hydrogen (secondary N) is 1. The molecular formula is C17H24F3N3O2. The minimum Gasteiger partial charge on any atom is -0.353 e. The van der Waals surface area contributed by atoms with Gasteiger partial charge in [-0.1, -0.05) is 6.92 Å². The predicted octanol–water partition coefficient (Wildman–Crippen LogP) is 2.10. The number of piperidine rings is 1. The molecule has 1 aliphatic rings. The second kappa shape index (κ2) is 8.03. The Kier molecular flexibility index (Phi) is 6.26. The highest BCUT2D eigenvalue weighted by Gasteiger charge is 2.34. The molecule has 0 aliphatic carbocycles. The van der Waals surface area contributed by atoms with Crippen LogP contribution in [0.25, 0.3) is 0 Å². The van der Waals surface area contributed by atoms with E-state index in [0.717, 1.165) is 42.6 Å². The van der Waals surface area contributed by atoms with Crippen LogP contribution in [0.5, 0.6) is 0 Å². The molecule has 2 heterocycles. The van der Waals surface area contributed by atoms with Crippen LogP contribution in [0.1, 0.15) is 32.3 Å². The van der Waals surface area contributed by atoms with Gasteiger partial charge in [-0.2, -0.15) is 13.2 Å². The van der Waals surface area contributed by atoms with Gasteiger partial charge in [-0.25, -0.2) is 0 Å². The predicted molar refractivity (Wildman–Crippen MR) is 88.1 cm³/mol. The molecule has 1 unspecified atom stereocenters. The van der Waals surface area contributed by atoms with Gasteiger partial charge in [-0.15, -0.1) is 0 Å². The van der Waals surface area contributed by atoms with Crippen molar-refractivity contribution >= 4 is 5.91 Å². The van der Waals surface area contributed by atoms with Gasteiger partial charge in [-0.3, -0.25) is 14.5 Å². The smallest absolute Gasteiger partial charge is 0.353 e. The molecule has 1 aliphatic heterocycles. The first-order valence-corrected chi connectivity index (χ1v) is 8.46. The fourth-order valence-corrected chi connectivity index (χ4v) is 2.95. The molecule has 1 aromatic rings. The van der Waals surface area contributed by atoms with Gasteiger partial charge in [0.05, 0.1) is 0 Å². The molecule has 0 saturated carbocycles. The first-order chi connectivity index (χ1) is 11.7. The highest BCUT2D eigenvalue weighted by molar-refractivity contribution is 5.75. The number of halogens is 3. The van der Waals surface area contributed by atoms with Crippen molar-refractivity contribution in [3.63, 3.8) is 0 Å². The maximum atomic E-state index is 12.7. The second-order valence-corrected chi connectivity index (χ2v) is 6.72. The SMILES string of the molecule is CC1CCN(C(C)CNC(=O)Cn2cccc(C(F)(F)F)c2=O)CC1. The summed E-state index contributed by atoms with van der Waals surface area (Å²) in [7, 11) is 0. The molecule has 1 fully saturated rings. The van der Waals surface area contributed by atoms with Crippen molar-refractivity contribution < 1.29 is 18.0 Å². The van der Waals surface area contributed by atoms with Gasteiger partial charge in [-0.05, 0) is 50.9 Å². The molecule has 1 saturated heterocycles. The van der Waals surface area contributed by atoms with E-state index in [1.165, 1.54) is 6.20 Å². The van der Waals surface area contributed by atoms with E-state index in [0.29, 0.717) is 12.5 Å². The number of pyridine rings is 1. The number of nitrogens with zero attached hydrogens (tertiary/aromatic N) is 2. The average Bonchev–Trinajstić information content (AvgIpc) is 2.54. The van der Waals surface area contributed by atoms with E-state index in [9.17, 15) is 22.8 Å². The van der Waals surface area contributed by atoms with Crippen LogP contribution in [0.2, 0.25) is 0 Å². The monoisotopic (exact) mass is 359 g/mol. The fraction of sp³-hybridized carbons (Fsp3) is 0.647. The molecule has 0 radical (unpaired) electrons. The minimum absolute atomic E-state index is 0.148. The molecule has 1 N–H and O–H groups in total. The van der Waals surface area contributed by atoms with Crippen molar-refractivity contribution in [2.45, 2.75) is 45.5 Å². The lowest BCUT2D eigenvalue weighted by atomic mass is 9.98. The highest BCUT2D eigenvalue weighted by Crippen LogP contribution is 2.25. The Bertz CT molecular complexity index is 649. The third-order valence-corrected chi connectivity index (χ3v) is 4.68. The molecule has 0 aromatic carbocycles. The largest absolute Gasteiger partial charge is 0.421 e. The van der Waals surface area contributed by atoms with Crippen LogP contribution in [-0.2, 0) is 17.5 Å². The highest BCUT2D eigenvalue weighted by atomic mass is 19.4. The van der Waals surface area contributed by atoms with E-state index in [-0.39, 0.29) is 6.04 Å². The number of rotatable bonds is 5. The Morgan fingerprint density at radius 2 is 2.00 bits per heavy atom. The molecule has 25 heavy (non-hydrogen) atoms. The maximum absolute atomic E-state index is 12.7. The van der Waals surface area contributed by atoms with Crippen LogP contribution >= 0.6 is 0 Å². The molecule has 1 atom stereocenters. The van der Waals surface area contributed by atoms with Crippen molar-refractivity contribution in [2.24, 2.45) is 5.92 Å². The Labute approximate surface area is 144 Å². The number of amides is 1. The van der Waals surface area contributed by atoms with Crippen LogP contribution in [-0.4, -0.2) is 41.1 Å². The Morgan fingerprint density at radius 1 is 1.36 bits per heavy atom. The summed E-state index contributed by atoms with van der Waals surface area (Å²) in [4.78, 5) is 26.1. The number of likely N-dealkylation sites (tertiary alicyclic amines) is 1. The molecule has 140 valence electrons. The molecule has 5 nitrogen and oxygen atoms in total. The summed E-state index contributed by atoms with van der Waals surface area (Å²) in [5, 5.41) is 2.70. The summed E-state index contributed by atoms with van der Waals surface area (Å²) in [5.74, 6) is 0.240. The number of alkyl halides is 3. The first kappa shape index (κ1) is 19.5. The summed E-state index contributed by atoms with van der Waals surface area (Å²) in [6, 6.07) is 1.99. The van der Waals surface area contributed by atoms with Crippen molar-refractivity contribution in [2.75, 3.05) is 19.6 Å². The molecule has 0 bridgehead atoms. The van der Waals surface area contributed by atoms with E-state index in [1.54, 1.807) is 0 Å². The molecule has 8 heteroatoms. The van der Waals surface area contributed by atoms with Gasteiger partial charge in [0.2, 0.25) is 5.91 Å². The standard InChI is InChI=1S/C17H24F3N3O2/c1-12-5-8-22(9-6-12)13(2)10-21-15(24)11-23-7-3-4-14(16(23)25)17(18,19)20/h3-4,7,12-13H,5-6,8-11H2,1-2H3,(H,21,24). The zero-order valence-electron chi connectivity index (χ0n) is 14.5. The fourth-order valence-electron chi connectivity index (χ4n) is 2.95. The number of hydrogen-bond acceptors (Lipinski definition) is 3. The lowest BCUT2D eigenvalue weighted by Crippen LogP contribution is -2.46. The Balaban J connectivity index is 1.89. The van der Waals surface area contributed by atoms with Crippen molar-refractivity contribution in [3.05, 3.63) is 34.2 Å². The van der Waals surface area contributed by atoms with Crippen molar-refractivity contribution in [3.8, 4) is 0 Å². The van der Waals surface area contributed by atoms with Crippen LogP contribution in [0.15, 0.2) is 23.1 Å². The van der Waals surface area contributed by atoms with Crippen molar-refractivity contribution in [1.82, 2.24) is 14.8 Å². The van der Waals surface area contributed by atoms with E-state index in [4.69, 9.17) is 0 Å². The number of hydrogen-bond donors (Lipinski definition) is 1. The van der Waals surface area contributed by atoms with E-state index in [2.05, 4.69) is 17.1 Å². The summed E-state index contributed by atoms with van der Waals surface area (Å²) in [5.41, 5.74) is -2.47. The Morgan fingerprint density at radius 3 is 2.60 bits per heavy atom. The number of carbonyl (C=O) groups excluding carboxylic acids is 1. The summed E-state index contributed by atoms with van der Waals surface area (Å²) in [6.07, 6.45) is -1.29. The van der Waals surface area contributed by atoms with E-state index < -0.39 is 29.8 Å². The number of aromatic nitrogens is 1. The minimum atomic E-state index is -4.73. The molecular weight excluding hydrogens is 335 g/mol. The van der Waals surface area contributed by atoms with Crippen LogP contribution in [0, 0.1) is 5.92 Å². The molecule has 0 spiro atoms. The van der Waals surface area contributed by atoms with Crippen molar-refractivity contribution in [1.29, 1.82) is 0 Å². The first-order valence-electron chi connectivity index (χ1n) is 8.46. The van der Waals surface area contributed by atoms with Crippen LogP contribution in [0.3, 0.4) is 0 Å². The molecule has 1 amide bonds. The zero-order chi connectivity index (χ0) is 18.6. The number of carbonyl (C=O) groups is 1. The normalized spacial score (nSPS) is 18.1.